The third-order valence-corrected chi connectivity index (χ3v) is 2.03. The minimum Gasteiger partial charge on any atom is -0.357 e. The zero-order chi connectivity index (χ0) is 11.2. The third-order valence-electron chi connectivity index (χ3n) is 2.03. The number of hydrogen-bond donors (Lipinski definition) is 4. The monoisotopic (exact) mass is 210 g/mol. The molecule has 1 aliphatic rings. The molecule has 7 heteroatoms. The second kappa shape index (κ2) is 2.72. The minimum absolute atomic E-state index is 0.0388. The van der Waals surface area contributed by atoms with Crippen molar-refractivity contribution in [2.24, 2.45) is 0 Å². The lowest BCUT2D eigenvalue weighted by Gasteiger charge is -2.33. The van der Waals surface area contributed by atoms with E-state index in [4.69, 9.17) is 0 Å². The Hall–Kier alpha value is -2.05. The fraction of sp³-hybridized carbons (Fsp3) is 0.375. The first kappa shape index (κ1) is 9.50. The third kappa shape index (κ3) is 1.51. The van der Waals surface area contributed by atoms with Gasteiger partial charge in [0.2, 0.25) is 0 Å². The molecule has 0 saturated carbocycles. The lowest BCUT2D eigenvalue weighted by molar-refractivity contribution is 0.0907. The van der Waals surface area contributed by atoms with Gasteiger partial charge in [0.15, 0.2) is 0 Å². The van der Waals surface area contributed by atoms with Crippen LogP contribution < -0.4 is 21.9 Å². The summed E-state index contributed by atoms with van der Waals surface area (Å²) >= 11 is 0. The molecule has 4 N–H and O–H groups in total. The van der Waals surface area contributed by atoms with Gasteiger partial charge in [-0.3, -0.25) is 14.6 Å². The lowest BCUT2D eigenvalue weighted by Crippen LogP contribution is -2.55. The van der Waals surface area contributed by atoms with Crippen molar-refractivity contribution in [1.82, 2.24) is 15.3 Å². The van der Waals surface area contributed by atoms with Crippen LogP contribution in [0.1, 0.15) is 24.3 Å². The highest BCUT2D eigenvalue weighted by Crippen LogP contribution is 2.17. The number of anilines is 1. The van der Waals surface area contributed by atoms with Crippen molar-refractivity contribution >= 4 is 11.6 Å². The molecule has 0 radical (unpaired) electrons. The van der Waals surface area contributed by atoms with Gasteiger partial charge in [0.1, 0.15) is 17.0 Å². The van der Waals surface area contributed by atoms with Gasteiger partial charge in [-0.2, -0.15) is 0 Å². The Balaban J connectivity index is 2.71. The number of amides is 1. The van der Waals surface area contributed by atoms with E-state index in [1.807, 2.05) is 4.98 Å². The Morgan fingerprint density at radius 1 is 1.00 bits per heavy atom. The van der Waals surface area contributed by atoms with Gasteiger partial charge in [0, 0.05) is 0 Å². The van der Waals surface area contributed by atoms with Gasteiger partial charge in [-0.1, -0.05) is 0 Å². The Morgan fingerprint density at radius 3 is 2.33 bits per heavy atom. The molecule has 0 fully saturated rings. The Bertz CT molecular complexity index is 540. The lowest BCUT2D eigenvalue weighted by atomic mass is 10.1. The summed E-state index contributed by atoms with van der Waals surface area (Å²) in [6.07, 6.45) is 0. The number of fused-ring (bicyclic) bond motifs is 1. The molecule has 0 aliphatic carbocycles. The number of hydrogen-bond acceptors (Lipinski definition) is 4. The number of carbonyl (C=O) groups excluding carboxylic acids is 1. The van der Waals surface area contributed by atoms with Crippen LogP contribution in [0.15, 0.2) is 9.59 Å². The van der Waals surface area contributed by atoms with Crippen molar-refractivity contribution in [1.29, 1.82) is 0 Å². The van der Waals surface area contributed by atoms with Gasteiger partial charge in [-0.15, -0.1) is 0 Å². The number of carbonyl (C=O) groups is 1. The summed E-state index contributed by atoms with van der Waals surface area (Å²) in [7, 11) is 0. The molecule has 0 spiro atoms. The van der Waals surface area contributed by atoms with E-state index < -0.39 is 22.8 Å². The van der Waals surface area contributed by atoms with Crippen molar-refractivity contribution in [3.05, 3.63) is 26.5 Å². The molecule has 0 bridgehead atoms. The quantitative estimate of drug-likeness (QED) is 0.438. The average Bonchev–Trinajstić information content (AvgIpc) is 2.06. The minimum atomic E-state index is -0.713. The molecule has 1 aromatic rings. The molecule has 0 atom stereocenters. The van der Waals surface area contributed by atoms with Gasteiger partial charge in [0.05, 0.1) is 0 Å². The average molecular weight is 210 g/mol. The van der Waals surface area contributed by atoms with Crippen LogP contribution in [0.2, 0.25) is 0 Å². The zero-order valence-corrected chi connectivity index (χ0v) is 8.22. The first-order valence-corrected chi connectivity index (χ1v) is 4.36. The second-order valence-electron chi connectivity index (χ2n) is 3.86. The molecular weight excluding hydrogens is 200 g/mol. The molecule has 2 rings (SSSR count). The zero-order valence-electron chi connectivity index (χ0n) is 8.22. The van der Waals surface area contributed by atoms with Crippen LogP contribution in [-0.4, -0.2) is 21.5 Å². The van der Waals surface area contributed by atoms with E-state index in [1.165, 1.54) is 0 Å². The fourth-order valence-corrected chi connectivity index (χ4v) is 1.47. The van der Waals surface area contributed by atoms with Crippen LogP contribution in [-0.2, 0) is 0 Å². The largest absolute Gasteiger partial charge is 0.357 e. The summed E-state index contributed by atoms with van der Waals surface area (Å²) in [5, 5.41) is 5.41. The fourth-order valence-electron chi connectivity index (χ4n) is 1.47. The summed E-state index contributed by atoms with van der Waals surface area (Å²) in [5.41, 5.74) is -1.96. The summed E-state index contributed by atoms with van der Waals surface area (Å²) in [4.78, 5) is 38.2. The molecule has 80 valence electrons. The van der Waals surface area contributed by atoms with Gasteiger partial charge < -0.3 is 15.6 Å². The normalized spacial score (nSPS) is 17.6. The molecule has 1 amide bonds. The maximum Gasteiger partial charge on any atom is 0.326 e. The van der Waals surface area contributed by atoms with Gasteiger partial charge >= 0.3 is 5.69 Å². The highest BCUT2D eigenvalue weighted by atomic mass is 16.2. The van der Waals surface area contributed by atoms with Crippen LogP contribution in [0, 0.1) is 0 Å². The van der Waals surface area contributed by atoms with Gasteiger partial charge in [-0.05, 0) is 13.8 Å². The van der Waals surface area contributed by atoms with Crippen molar-refractivity contribution < 1.29 is 4.79 Å². The molecule has 0 unspecified atom stereocenters. The van der Waals surface area contributed by atoms with Crippen molar-refractivity contribution in [3.8, 4) is 0 Å². The summed E-state index contributed by atoms with van der Waals surface area (Å²) < 4.78 is 0. The van der Waals surface area contributed by atoms with Gasteiger partial charge in [-0.25, -0.2) is 4.79 Å². The molecule has 15 heavy (non-hydrogen) atoms. The van der Waals surface area contributed by atoms with E-state index in [-0.39, 0.29) is 11.4 Å². The van der Waals surface area contributed by atoms with E-state index in [0.29, 0.717) is 0 Å². The molecule has 2 heterocycles. The molecule has 0 saturated heterocycles. The number of H-pyrrole nitrogens is 2. The molecule has 1 aromatic heterocycles. The van der Waals surface area contributed by atoms with E-state index >= 15 is 0 Å². The van der Waals surface area contributed by atoms with Crippen LogP contribution in [0.3, 0.4) is 0 Å². The SMILES string of the molecule is CC1(C)NC(=O)c2[nH]c(=O)[nH]c(=O)c2N1. The highest BCUT2D eigenvalue weighted by molar-refractivity contribution is 5.99. The summed E-state index contributed by atoms with van der Waals surface area (Å²) in [5.74, 6) is -0.475. The highest BCUT2D eigenvalue weighted by Gasteiger charge is 2.31. The summed E-state index contributed by atoms with van der Waals surface area (Å²) in [6.45, 7) is 3.41. The first-order chi connectivity index (χ1) is 6.89. The second-order valence-corrected chi connectivity index (χ2v) is 3.86. The topological polar surface area (TPSA) is 107 Å². The number of rotatable bonds is 0. The van der Waals surface area contributed by atoms with Crippen molar-refractivity contribution in [2.45, 2.75) is 19.5 Å². The number of aromatic amines is 2. The van der Waals surface area contributed by atoms with Crippen LogP contribution in [0.4, 0.5) is 5.69 Å². The van der Waals surface area contributed by atoms with E-state index in [0.717, 1.165) is 0 Å². The Labute approximate surface area is 83.9 Å². The van der Waals surface area contributed by atoms with E-state index in [1.54, 1.807) is 13.8 Å². The maximum absolute atomic E-state index is 11.5. The summed E-state index contributed by atoms with van der Waals surface area (Å²) in [6, 6.07) is 0. The predicted molar refractivity (Wildman–Crippen MR) is 52.9 cm³/mol. The number of nitrogens with one attached hydrogen (secondary N) is 4. The van der Waals surface area contributed by atoms with Crippen LogP contribution in [0.25, 0.3) is 0 Å². The van der Waals surface area contributed by atoms with E-state index in [2.05, 4.69) is 15.6 Å². The van der Waals surface area contributed by atoms with E-state index in [9.17, 15) is 14.4 Å². The van der Waals surface area contributed by atoms with Crippen LogP contribution >= 0.6 is 0 Å². The molecule has 1 aliphatic heterocycles. The predicted octanol–water partition coefficient (Wildman–Crippen LogP) is -1.05. The smallest absolute Gasteiger partial charge is 0.326 e. The maximum atomic E-state index is 11.5. The van der Waals surface area contributed by atoms with Crippen molar-refractivity contribution in [3.63, 3.8) is 0 Å². The molecular formula is C8H10N4O3. The van der Waals surface area contributed by atoms with Gasteiger partial charge in [0.25, 0.3) is 11.5 Å². The number of aromatic nitrogens is 2. The Morgan fingerprint density at radius 2 is 1.67 bits per heavy atom. The molecule has 7 nitrogen and oxygen atoms in total. The molecule has 0 aromatic carbocycles. The Kier molecular flexibility index (Phi) is 1.72. The van der Waals surface area contributed by atoms with Crippen LogP contribution in [0.5, 0.6) is 0 Å². The van der Waals surface area contributed by atoms with Crippen molar-refractivity contribution in [2.75, 3.05) is 5.32 Å². The standard InChI is InChI=1S/C8H10N4O3/c1-8(2)11-4-3(6(14)12-8)9-7(15)10-5(4)13/h11H,1-2H3,(H,12,14)(H2,9,10,13,15). The first-order valence-electron chi connectivity index (χ1n) is 4.36.